The highest BCUT2D eigenvalue weighted by molar-refractivity contribution is 6.01. The molecule has 1 aliphatic rings. The molecule has 0 saturated carbocycles. The lowest BCUT2D eigenvalue weighted by atomic mass is 10.0. The third-order valence-electron chi connectivity index (χ3n) is 5.54. The van der Waals surface area contributed by atoms with Crippen LogP contribution in [0.1, 0.15) is 39.2 Å². The number of pyridine rings is 1. The van der Waals surface area contributed by atoms with Crippen LogP contribution < -0.4 is 0 Å². The molecule has 1 amide bonds. The molecule has 0 bridgehead atoms. The van der Waals surface area contributed by atoms with Gasteiger partial charge in [0.15, 0.2) is 0 Å². The van der Waals surface area contributed by atoms with Gasteiger partial charge in [-0.05, 0) is 31.0 Å². The van der Waals surface area contributed by atoms with Gasteiger partial charge in [-0.1, -0.05) is 36.4 Å². The topological polar surface area (TPSA) is 68.3 Å². The summed E-state index contributed by atoms with van der Waals surface area (Å²) in [5.41, 5.74) is 3.69. The first-order valence-corrected chi connectivity index (χ1v) is 9.81. The lowest BCUT2D eigenvalue weighted by Crippen LogP contribution is -2.43. The first-order valence-electron chi connectivity index (χ1n) is 9.81. The molecule has 29 heavy (non-hydrogen) atoms. The van der Waals surface area contributed by atoms with E-state index in [0.29, 0.717) is 25.1 Å². The monoisotopic (exact) mass is 386 g/mol. The number of aromatic nitrogens is 5. The Kier molecular flexibility index (Phi) is 4.16. The summed E-state index contributed by atoms with van der Waals surface area (Å²) in [4.78, 5) is 20.2. The van der Waals surface area contributed by atoms with Gasteiger partial charge in [0.25, 0.3) is 5.91 Å². The quantitative estimate of drug-likeness (QED) is 0.543. The van der Waals surface area contributed by atoms with E-state index in [2.05, 4.69) is 27.3 Å². The standard InChI is InChI=1S/C22H22N6O/c1-15-7-6-10-27-20(15)18(14-23-27)22(29)26-11-12-28-21(24-16(2)25-28)19(26)13-17-8-4-3-5-9-17/h3-10,14,19H,11-13H2,1-2H3/t19-/m0/s1. The van der Waals surface area contributed by atoms with Crippen molar-refractivity contribution >= 4 is 11.4 Å². The summed E-state index contributed by atoms with van der Waals surface area (Å²) in [6, 6.07) is 14.0. The number of carbonyl (C=O) groups is 1. The van der Waals surface area contributed by atoms with E-state index in [9.17, 15) is 4.79 Å². The second-order valence-electron chi connectivity index (χ2n) is 7.49. The summed E-state index contributed by atoms with van der Waals surface area (Å²) in [5, 5.41) is 8.90. The van der Waals surface area contributed by atoms with Gasteiger partial charge in [-0.15, -0.1) is 0 Å². The largest absolute Gasteiger partial charge is 0.326 e. The fourth-order valence-electron chi connectivity index (χ4n) is 4.19. The third kappa shape index (κ3) is 2.99. The van der Waals surface area contributed by atoms with Crippen LogP contribution in [-0.4, -0.2) is 41.7 Å². The predicted octanol–water partition coefficient (Wildman–Crippen LogP) is 2.98. The van der Waals surface area contributed by atoms with E-state index in [4.69, 9.17) is 0 Å². The van der Waals surface area contributed by atoms with Crippen LogP contribution in [0.15, 0.2) is 54.9 Å². The van der Waals surface area contributed by atoms with Crippen LogP contribution in [0.5, 0.6) is 0 Å². The van der Waals surface area contributed by atoms with Crippen molar-refractivity contribution in [3.8, 4) is 0 Å². The van der Waals surface area contributed by atoms with Crippen molar-refractivity contribution in [1.82, 2.24) is 29.3 Å². The summed E-state index contributed by atoms with van der Waals surface area (Å²) >= 11 is 0. The Balaban J connectivity index is 1.57. The number of hydrogen-bond donors (Lipinski definition) is 0. The van der Waals surface area contributed by atoms with E-state index >= 15 is 0 Å². The zero-order chi connectivity index (χ0) is 20.0. The third-order valence-corrected chi connectivity index (χ3v) is 5.54. The molecule has 4 aromatic rings. The average molecular weight is 386 g/mol. The minimum atomic E-state index is -0.168. The Hall–Kier alpha value is -3.48. The Morgan fingerprint density at radius 1 is 1.10 bits per heavy atom. The molecule has 1 aromatic carbocycles. The van der Waals surface area contributed by atoms with Gasteiger partial charge in [0.2, 0.25) is 0 Å². The molecule has 0 fully saturated rings. The summed E-state index contributed by atoms with van der Waals surface area (Å²) in [6.07, 6.45) is 4.24. The van der Waals surface area contributed by atoms with Gasteiger partial charge in [-0.25, -0.2) is 14.2 Å². The summed E-state index contributed by atoms with van der Waals surface area (Å²) in [7, 11) is 0. The normalized spacial score (nSPS) is 16.2. The van der Waals surface area contributed by atoms with Crippen molar-refractivity contribution in [2.45, 2.75) is 32.9 Å². The Bertz CT molecular complexity index is 1190. The maximum atomic E-state index is 13.7. The van der Waals surface area contributed by atoms with Gasteiger partial charge in [0.05, 0.1) is 29.9 Å². The smallest absolute Gasteiger partial charge is 0.258 e. The second-order valence-corrected chi connectivity index (χ2v) is 7.49. The fraction of sp³-hybridized carbons (Fsp3) is 0.273. The van der Waals surface area contributed by atoms with Crippen molar-refractivity contribution < 1.29 is 4.79 Å². The number of nitrogens with zero attached hydrogens (tertiary/aromatic N) is 6. The highest BCUT2D eigenvalue weighted by atomic mass is 16.2. The van der Waals surface area contributed by atoms with Crippen molar-refractivity contribution in [1.29, 1.82) is 0 Å². The SMILES string of the molecule is Cc1nc2n(n1)CCN(C(=O)c1cnn3cccc(C)c13)[C@H]2Cc1ccccc1. The van der Waals surface area contributed by atoms with E-state index < -0.39 is 0 Å². The number of hydrogen-bond acceptors (Lipinski definition) is 4. The molecule has 1 atom stereocenters. The van der Waals surface area contributed by atoms with E-state index in [1.165, 1.54) is 5.56 Å². The molecule has 5 rings (SSSR count). The Morgan fingerprint density at radius 2 is 1.93 bits per heavy atom. The fourth-order valence-corrected chi connectivity index (χ4v) is 4.19. The Labute approximate surface area is 168 Å². The van der Waals surface area contributed by atoms with Crippen molar-refractivity contribution in [2.24, 2.45) is 0 Å². The predicted molar refractivity (Wildman–Crippen MR) is 109 cm³/mol. The van der Waals surface area contributed by atoms with E-state index in [-0.39, 0.29) is 11.9 Å². The number of fused-ring (bicyclic) bond motifs is 2. The molecule has 0 radical (unpaired) electrons. The number of amides is 1. The average Bonchev–Trinajstić information content (AvgIpc) is 3.32. The highest BCUT2D eigenvalue weighted by Gasteiger charge is 2.35. The van der Waals surface area contributed by atoms with Crippen molar-refractivity contribution in [2.75, 3.05) is 6.54 Å². The molecule has 3 aromatic heterocycles. The van der Waals surface area contributed by atoms with Gasteiger partial charge < -0.3 is 4.90 Å². The minimum Gasteiger partial charge on any atom is -0.326 e. The number of rotatable bonds is 3. The van der Waals surface area contributed by atoms with Crippen LogP contribution in [-0.2, 0) is 13.0 Å². The van der Waals surface area contributed by atoms with Crippen LogP contribution in [0.3, 0.4) is 0 Å². The summed E-state index contributed by atoms with van der Waals surface area (Å²) < 4.78 is 3.71. The number of aryl methyl sites for hydroxylation is 2. The highest BCUT2D eigenvalue weighted by Crippen LogP contribution is 2.30. The molecule has 0 aliphatic carbocycles. The molecule has 7 nitrogen and oxygen atoms in total. The van der Waals surface area contributed by atoms with Crippen molar-refractivity contribution in [3.05, 3.63) is 83.2 Å². The molecule has 0 saturated heterocycles. The van der Waals surface area contributed by atoms with Crippen LogP contribution in [0.2, 0.25) is 0 Å². The van der Waals surface area contributed by atoms with E-state index in [0.717, 1.165) is 22.7 Å². The number of benzene rings is 1. The maximum Gasteiger partial charge on any atom is 0.258 e. The lowest BCUT2D eigenvalue weighted by molar-refractivity contribution is 0.0610. The zero-order valence-corrected chi connectivity index (χ0v) is 16.5. The van der Waals surface area contributed by atoms with E-state index in [1.807, 2.05) is 60.0 Å². The van der Waals surface area contributed by atoms with Gasteiger partial charge >= 0.3 is 0 Å². The summed E-state index contributed by atoms with van der Waals surface area (Å²) in [6.45, 7) is 5.14. The minimum absolute atomic E-state index is 0.0119. The molecule has 4 heterocycles. The van der Waals surface area contributed by atoms with Crippen LogP contribution >= 0.6 is 0 Å². The van der Waals surface area contributed by atoms with Crippen LogP contribution in [0.4, 0.5) is 0 Å². The summed E-state index contributed by atoms with van der Waals surface area (Å²) in [5.74, 6) is 1.57. The second kappa shape index (κ2) is 6.84. The zero-order valence-electron chi connectivity index (χ0n) is 16.5. The number of carbonyl (C=O) groups excluding carboxylic acids is 1. The molecule has 0 unspecified atom stereocenters. The molecule has 0 spiro atoms. The van der Waals surface area contributed by atoms with Gasteiger partial charge in [-0.2, -0.15) is 10.2 Å². The first kappa shape index (κ1) is 17.6. The molecular weight excluding hydrogens is 364 g/mol. The first-order chi connectivity index (χ1) is 14.1. The Morgan fingerprint density at radius 3 is 2.76 bits per heavy atom. The molecule has 146 valence electrons. The van der Waals surface area contributed by atoms with Crippen LogP contribution in [0.25, 0.3) is 5.52 Å². The van der Waals surface area contributed by atoms with Gasteiger partial charge in [0.1, 0.15) is 11.6 Å². The molecule has 7 heteroatoms. The van der Waals surface area contributed by atoms with E-state index in [1.54, 1.807) is 10.7 Å². The lowest BCUT2D eigenvalue weighted by Gasteiger charge is -2.35. The van der Waals surface area contributed by atoms with Gasteiger partial charge in [0, 0.05) is 19.2 Å². The molecule has 0 N–H and O–H groups in total. The van der Waals surface area contributed by atoms with Crippen molar-refractivity contribution in [3.63, 3.8) is 0 Å². The van der Waals surface area contributed by atoms with Gasteiger partial charge in [-0.3, -0.25) is 4.79 Å². The molecule has 1 aliphatic heterocycles. The molecular formula is C22H22N6O. The maximum absolute atomic E-state index is 13.7. The van der Waals surface area contributed by atoms with Crippen LogP contribution in [0, 0.1) is 13.8 Å².